The summed E-state index contributed by atoms with van der Waals surface area (Å²) in [7, 11) is 0. The van der Waals surface area contributed by atoms with Crippen LogP contribution in [-0.2, 0) is 10.7 Å². The van der Waals surface area contributed by atoms with Crippen molar-refractivity contribution in [1.29, 1.82) is 0 Å². The Morgan fingerprint density at radius 3 is 2.53 bits per heavy atom. The smallest absolute Gasteiger partial charge is 0.303 e. The molecule has 1 rings (SSSR count). The van der Waals surface area contributed by atoms with Gasteiger partial charge in [-0.3, -0.25) is 4.79 Å². The molecule has 1 N–H and O–H groups in total. The molecule has 84 valence electrons. The SMILES string of the molecule is O=C(O)CCC(F)(F)c1scc(Br)c1Br. The zero-order chi connectivity index (χ0) is 11.6. The minimum absolute atomic E-state index is 0.143. The maximum atomic E-state index is 13.5. The molecule has 0 saturated heterocycles. The molecular formula is C8H6Br2F2O2S. The van der Waals surface area contributed by atoms with Gasteiger partial charge in [0, 0.05) is 16.3 Å². The molecule has 0 amide bonds. The van der Waals surface area contributed by atoms with Crippen LogP contribution in [0, 0.1) is 0 Å². The molecule has 0 spiro atoms. The molecule has 0 aliphatic heterocycles. The van der Waals surface area contributed by atoms with E-state index in [0.717, 1.165) is 11.3 Å². The van der Waals surface area contributed by atoms with Crippen molar-refractivity contribution >= 4 is 49.2 Å². The van der Waals surface area contributed by atoms with Gasteiger partial charge in [0.1, 0.15) is 0 Å². The summed E-state index contributed by atoms with van der Waals surface area (Å²) < 4.78 is 27.8. The summed E-state index contributed by atoms with van der Waals surface area (Å²) >= 11 is 7.03. The van der Waals surface area contributed by atoms with Crippen molar-refractivity contribution in [3.63, 3.8) is 0 Å². The van der Waals surface area contributed by atoms with Crippen molar-refractivity contribution in [2.75, 3.05) is 0 Å². The fourth-order valence-electron chi connectivity index (χ4n) is 0.947. The molecule has 0 saturated carbocycles. The topological polar surface area (TPSA) is 37.3 Å². The monoisotopic (exact) mass is 362 g/mol. The normalized spacial score (nSPS) is 11.7. The van der Waals surface area contributed by atoms with E-state index in [2.05, 4.69) is 31.9 Å². The molecule has 0 atom stereocenters. The third-order valence-electron chi connectivity index (χ3n) is 1.67. The number of thiophene rings is 1. The second-order valence-corrected chi connectivity index (χ2v) is 5.35. The van der Waals surface area contributed by atoms with Crippen LogP contribution in [0.5, 0.6) is 0 Å². The van der Waals surface area contributed by atoms with E-state index >= 15 is 0 Å². The van der Waals surface area contributed by atoms with Crippen molar-refractivity contribution < 1.29 is 18.7 Å². The van der Waals surface area contributed by atoms with Crippen LogP contribution in [0.2, 0.25) is 0 Å². The summed E-state index contributed by atoms with van der Waals surface area (Å²) in [4.78, 5) is 10.1. The van der Waals surface area contributed by atoms with Crippen LogP contribution in [0.3, 0.4) is 0 Å². The van der Waals surface area contributed by atoms with E-state index in [1.165, 1.54) is 5.38 Å². The Labute approximate surface area is 106 Å². The number of carboxylic acids is 1. The Hall–Kier alpha value is -0.0100. The summed E-state index contributed by atoms with van der Waals surface area (Å²) in [6.07, 6.45) is -1.23. The van der Waals surface area contributed by atoms with Gasteiger partial charge in [0.25, 0.3) is 5.92 Å². The van der Waals surface area contributed by atoms with Gasteiger partial charge in [-0.2, -0.15) is 0 Å². The van der Waals surface area contributed by atoms with Crippen molar-refractivity contribution in [1.82, 2.24) is 0 Å². The summed E-state index contributed by atoms with van der Waals surface area (Å²) in [5.41, 5.74) is 0. The lowest BCUT2D eigenvalue weighted by molar-refractivity contribution is -0.139. The lowest BCUT2D eigenvalue weighted by Gasteiger charge is -2.13. The van der Waals surface area contributed by atoms with Crippen molar-refractivity contribution in [3.8, 4) is 0 Å². The van der Waals surface area contributed by atoms with Crippen LogP contribution >= 0.6 is 43.2 Å². The van der Waals surface area contributed by atoms with E-state index < -0.39 is 24.7 Å². The average molecular weight is 364 g/mol. The third-order valence-corrected chi connectivity index (χ3v) is 5.31. The lowest BCUT2D eigenvalue weighted by atomic mass is 10.1. The van der Waals surface area contributed by atoms with E-state index in [9.17, 15) is 13.6 Å². The van der Waals surface area contributed by atoms with Gasteiger partial charge in [-0.1, -0.05) is 0 Å². The second kappa shape index (κ2) is 4.88. The number of aliphatic carboxylic acids is 1. The van der Waals surface area contributed by atoms with E-state index in [-0.39, 0.29) is 4.88 Å². The first kappa shape index (κ1) is 13.1. The standard InChI is InChI=1S/C8H6Br2F2O2S/c9-4-3-15-7(6(4)10)8(11,12)2-1-5(13)14/h3H,1-2H2,(H,13,14). The summed E-state index contributed by atoms with van der Waals surface area (Å²) in [5.74, 6) is -4.32. The van der Waals surface area contributed by atoms with E-state index in [0.29, 0.717) is 8.95 Å². The minimum Gasteiger partial charge on any atom is -0.481 e. The van der Waals surface area contributed by atoms with E-state index in [1.807, 2.05) is 0 Å². The molecule has 15 heavy (non-hydrogen) atoms. The summed E-state index contributed by atoms with van der Waals surface area (Å²) in [6.45, 7) is 0. The maximum absolute atomic E-state index is 13.5. The number of halogens is 4. The highest BCUT2D eigenvalue weighted by molar-refractivity contribution is 9.13. The quantitative estimate of drug-likeness (QED) is 0.869. The third kappa shape index (κ3) is 3.22. The van der Waals surface area contributed by atoms with Crippen LogP contribution < -0.4 is 0 Å². The predicted octanol–water partition coefficient (Wildman–Crippen LogP) is 4.23. The molecule has 1 aromatic heterocycles. The second-order valence-electron chi connectivity index (χ2n) is 2.82. The fraction of sp³-hybridized carbons (Fsp3) is 0.375. The number of hydrogen-bond donors (Lipinski definition) is 1. The molecule has 2 nitrogen and oxygen atoms in total. The number of carbonyl (C=O) groups is 1. The molecule has 1 heterocycles. The molecule has 0 aromatic carbocycles. The molecule has 0 radical (unpaired) electrons. The van der Waals surface area contributed by atoms with Gasteiger partial charge in [0.2, 0.25) is 0 Å². The number of rotatable bonds is 4. The van der Waals surface area contributed by atoms with Gasteiger partial charge in [-0.05, 0) is 31.9 Å². The van der Waals surface area contributed by atoms with Crippen LogP contribution in [0.4, 0.5) is 8.78 Å². The Balaban J connectivity index is 2.85. The predicted molar refractivity (Wildman–Crippen MR) is 60.5 cm³/mol. The largest absolute Gasteiger partial charge is 0.481 e. The highest BCUT2D eigenvalue weighted by atomic mass is 79.9. The van der Waals surface area contributed by atoms with Gasteiger partial charge >= 0.3 is 5.97 Å². The van der Waals surface area contributed by atoms with Gasteiger partial charge in [-0.25, -0.2) is 8.78 Å². The maximum Gasteiger partial charge on any atom is 0.303 e. The first-order valence-corrected chi connectivity index (χ1v) is 6.33. The molecule has 0 aliphatic carbocycles. The Morgan fingerprint density at radius 2 is 2.13 bits per heavy atom. The lowest BCUT2D eigenvalue weighted by Crippen LogP contribution is -2.14. The minimum atomic E-state index is -3.10. The molecule has 7 heteroatoms. The average Bonchev–Trinajstić information content (AvgIpc) is 2.45. The zero-order valence-corrected chi connectivity index (χ0v) is 11.3. The van der Waals surface area contributed by atoms with E-state index in [1.54, 1.807) is 0 Å². The molecule has 0 bridgehead atoms. The molecule has 0 aliphatic rings. The highest BCUT2D eigenvalue weighted by Crippen LogP contribution is 2.44. The van der Waals surface area contributed by atoms with Gasteiger partial charge < -0.3 is 5.11 Å². The van der Waals surface area contributed by atoms with Crippen molar-refractivity contribution in [3.05, 3.63) is 19.2 Å². The molecule has 1 aromatic rings. The summed E-state index contributed by atoms with van der Waals surface area (Å²) in [6, 6.07) is 0. The van der Waals surface area contributed by atoms with Crippen LogP contribution in [0.25, 0.3) is 0 Å². The van der Waals surface area contributed by atoms with Crippen molar-refractivity contribution in [2.45, 2.75) is 18.8 Å². The Morgan fingerprint density at radius 1 is 1.53 bits per heavy atom. The molecule has 0 fully saturated rings. The first-order valence-electron chi connectivity index (χ1n) is 3.87. The van der Waals surface area contributed by atoms with Crippen LogP contribution in [0.15, 0.2) is 14.3 Å². The van der Waals surface area contributed by atoms with Gasteiger partial charge in [-0.15, -0.1) is 11.3 Å². The number of hydrogen-bond acceptors (Lipinski definition) is 2. The number of alkyl halides is 2. The Bertz CT molecular complexity index is 379. The molecular weight excluding hydrogens is 358 g/mol. The van der Waals surface area contributed by atoms with Gasteiger partial charge in [0.15, 0.2) is 0 Å². The van der Waals surface area contributed by atoms with E-state index in [4.69, 9.17) is 5.11 Å². The van der Waals surface area contributed by atoms with Crippen LogP contribution in [0.1, 0.15) is 17.7 Å². The summed E-state index contributed by atoms with van der Waals surface area (Å²) in [5, 5.41) is 9.88. The van der Waals surface area contributed by atoms with Gasteiger partial charge in [0.05, 0.1) is 15.8 Å². The first-order chi connectivity index (χ1) is 6.84. The van der Waals surface area contributed by atoms with Crippen LogP contribution in [-0.4, -0.2) is 11.1 Å². The fourth-order valence-corrected chi connectivity index (χ4v) is 3.22. The zero-order valence-electron chi connectivity index (χ0n) is 7.27. The highest BCUT2D eigenvalue weighted by Gasteiger charge is 2.36. The van der Waals surface area contributed by atoms with Crippen molar-refractivity contribution in [2.24, 2.45) is 0 Å². The number of carboxylic acid groups (broad SMARTS) is 1. The molecule has 0 unspecified atom stereocenters. The Kier molecular flexibility index (Phi) is 4.25.